The van der Waals surface area contributed by atoms with Gasteiger partial charge in [0.25, 0.3) is 16.8 Å². The van der Waals surface area contributed by atoms with E-state index in [-0.39, 0.29) is 29.3 Å². The normalized spacial score (nSPS) is 14.5. The Bertz CT molecular complexity index is 1130. The van der Waals surface area contributed by atoms with Crippen molar-refractivity contribution in [2.45, 2.75) is 13.5 Å². The molecule has 0 atom stereocenters. The molecule has 10 nitrogen and oxygen atoms in total. The molecule has 172 valence electrons. The van der Waals surface area contributed by atoms with E-state index in [4.69, 9.17) is 9.47 Å². The minimum absolute atomic E-state index is 0.163. The van der Waals surface area contributed by atoms with Gasteiger partial charge in [-0.15, -0.1) is 0 Å². The Morgan fingerprint density at radius 1 is 1.15 bits per heavy atom. The zero-order valence-electron chi connectivity index (χ0n) is 17.8. The number of nitro benzene ring substituents is 1. The molecule has 0 aliphatic carbocycles. The number of hydrogen-bond donors (Lipinski definition) is 0. The number of rotatable bonds is 9. The minimum Gasteiger partial charge on any atom is -0.490 e. The summed E-state index contributed by atoms with van der Waals surface area (Å²) < 4.78 is 15.5. The van der Waals surface area contributed by atoms with Crippen LogP contribution in [0.2, 0.25) is 0 Å². The molecule has 0 N–H and O–H groups in total. The number of ether oxygens (including phenoxy) is 3. The number of amides is 2. The van der Waals surface area contributed by atoms with Crippen LogP contribution < -0.4 is 9.47 Å². The van der Waals surface area contributed by atoms with Gasteiger partial charge in [0.1, 0.15) is 0 Å². The second-order valence-corrected chi connectivity index (χ2v) is 7.65. The third-order valence-corrected chi connectivity index (χ3v) is 5.44. The number of esters is 1. The summed E-state index contributed by atoms with van der Waals surface area (Å²) in [6.07, 6.45) is 1.52. The van der Waals surface area contributed by atoms with Gasteiger partial charge in [-0.3, -0.25) is 24.6 Å². The van der Waals surface area contributed by atoms with Crippen LogP contribution in [0.3, 0.4) is 0 Å². The first-order valence-corrected chi connectivity index (χ1v) is 10.6. The number of hydrogen-bond acceptors (Lipinski definition) is 9. The summed E-state index contributed by atoms with van der Waals surface area (Å²) in [6.45, 7) is 1.62. The Morgan fingerprint density at radius 3 is 2.61 bits per heavy atom. The van der Waals surface area contributed by atoms with E-state index in [1.54, 1.807) is 31.2 Å². The minimum atomic E-state index is -0.552. The van der Waals surface area contributed by atoms with Gasteiger partial charge in [-0.2, -0.15) is 0 Å². The van der Waals surface area contributed by atoms with Gasteiger partial charge in [-0.25, -0.2) is 4.79 Å². The van der Waals surface area contributed by atoms with Gasteiger partial charge in [0, 0.05) is 11.6 Å². The lowest BCUT2D eigenvalue weighted by atomic mass is 10.1. The van der Waals surface area contributed by atoms with Crippen molar-refractivity contribution in [3.05, 3.63) is 68.6 Å². The molecular weight excluding hydrogens is 452 g/mol. The first kappa shape index (κ1) is 23.8. The molecule has 1 aliphatic rings. The predicted octanol–water partition coefficient (Wildman–Crippen LogP) is 3.78. The molecule has 33 heavy (non-hydrogen) atoms. The molecule has 2 aromatic rings. The van der Waals surface area contributed by atoms with Crippen molar-refractivity contribution in [2.24, 2.45) is 0 Å². The van der Waals surface area contributed by atoms with E-state index in [0.717, 1.165) is 16.7 Å². The number of nitrogens with zero attached hydrogens (tertiary/aromatic N) is 2. The molecule has 1 saturated heterocycles. The van der Waals surface area contributed by atoms with Gasteiger partial charge in [0.15, 0.2) is 18.1 Å². The van der Waals surface area contributed by atoms with Crippen molar-refractivity contribution >= 4 is 40.6 Å². The van der Waals surface area contributed by atoms with E-state index in [1.165, 1.54) is 31.4 Å². The largest absolute Gasteiger partial charge is 0.490 e. The first-order valence-electron chi connectivity index (χ1n) is 9.78. The highest BCUT2D eigenvalue weighted by atomic mass is 32.2. The highest BCUT2D eigenvalue weighted by Gasteiger charge is 2.36. The maximum atomic E-state index is 12.8. The molecule has 0 radical (unpaired) electrons. The number of carbonyl (C=O) groups excluding carboxylic acids is 3. The van der Waals surface area contributed by atoms with Gasteiger partial charge in [-0.1, -0.05) is 24.3 Å². The van der Waals surface area contributed by atoms with Crippen molar-refractivity contribution in [1.82, 2.24) is 4.90 Å². The summed E-state index contributed by atoms with van der Waals surface area (Å²) in [5.74, 6) is -0.417. The molecule has 1 aliphatic heterocycles. The third-order valence-electron chi connectivity index (χ3n) is 4.53. The summed E-state index contributed by atoms with van der Waals surface area (Å²) in [6, 6.07) is 10.8. The van der Waals surface area contributed by atoms with Crippen molar-refractivity contribution < 1.29 is 33.5 Å². The van der Waals surface area contributed by atoms with E-state index < -0.39 is 22.0 Å². The van der Waals surface area contributed by atoms with Crippen LogP contribution in [0.5, 0.6) is 11.5 Å². The maximum absolute atomic E-state index is 12.8. The molecule has 0 spiro atoms. The number of methoxy groups -OCH3 is 1. The number of thioether (sulfide) groups is 1. The molecule has 0 bridgehead atoms. The van der Waals surface area contributed by atoms with Gasteiger partial charge >= 0.3 is 5.97 Å². The predicted molar refractivity (Wildman–Crippen MR) is 120 cm³/mol. The number of benzene rings is 2. The van der Waals surface area contributed by atoms with Crippen molar-refractivity contribution in [2.75, 3.05) is 20.3 Å². The van der Waals surface area contributed by atoms with Crippen LogP contribution in [0.4, 0.5) is 10.5 Å². The molecule has 11 heteroatoms. The zero-order chi connectivity index (χ0) is 24.0. The molecule has 0 saturated carbocycles. The zero-order valence-corrected chi connectivity index (χ0v) is 18.6. The molecule has 0 aromatic heterocycles. The standard InChI is InChI=1S/C22H20N2O8S/c1-3-31-18-10-14(8-9-17(18)32-13-20(25)30-2)11-19-21(26)23(22(27)33-19)12-15-6-4-5-7-16(15)24(28)29/h4-11H,3,12-13H2,1-2H3. The Hall–Kier alpha value is -3.86. The summed E-state index contributed by atoms with van der Waals surface area (Å²) in [5.41, 5.74) is 0.668. The fourth-order valence-electron chi connectivity index (χ4n) is 2.98. The Balaban J connectivity index is 1.81. The molecule has 2 aromatic carbocycles. The van der Waals surface area contributed by atoms with E-state index in [1.807, 2.05) is 0 Å². The number of imide groups is 1. The lowest BCUT2D eigenvalue weighted by Crippen LogP contribution is -2.27. The molecule has 1 fully saturated rings. The second-order valence-electron chi connectivity index (χ2n) is 6.66. The van der Waals surface area contributed by atoms with Crippen LogP contribution in [0.25, 0.3) is 6.08 Å². The van der Waals surface area contributed by atoms with E-state index >= 15 is 0 Å². The number of nitro groups is 1. The Kier molecular flexibility index (Phi) is 7.67. The van der Waals surface area contributed by atoms with Crippen molar-refractivity contribution in [3.63, 3.8) is 0 Å². The van der Waals surface area contributed by atoms with Crippen LogP contribution in [0.1, 0.15) is 18.1 Å². The SMILES string of the molecule is CCOc1cc(C=C2SC(=O)N(Cc3ccccc3[N+](=O)[O-])C2=O)ccc1OCC(=O)OC. The summed E-state index contributed by atoms with van der Waals surface area (Å²) in [4.78, 5) is 48.4. The van der Waals surface area contributed by atoms with Crippen molar-refractivity contribution in [1.29, 1.82) is 0 Å². The van der Waals surface area contributed by atoms with Gasteiger partial charge < -0.3 is 14.2 Å². The molecule has 3 rings (SSSR count). The van der Waals surface area contributed by atoms with Crippen LogP contribution in [-0.4, -0.2) is 47.3 Å². The first-order chi connectivity index (χ1) is 15.8. The van der Waals surface area contributed by atoms with Crippen LogP contribution >= 0.6 is 11.8 Å². The lowest BCUT2D eigenvalue weighted by molar-refractivity contribution is -0.385. The third kappa shape index (κ3) is 5.69. The summed E-state index contributed by atoms with van der Waals surface area (Å²) in [5, 5.41) is 10.7. The fraction of sp³-hybridized carbons (Fsp3) is 0.227. The van der Waals surface area contributed by atoms with Gasteiger partial charge in [-0.05, 0) is 42.5 Å². The van der Waals surface area contributed by atoms with Crippen molar-refractivity contribution in [3.8, 4) is 11.5 Å². The Morgan fingerprint density at radius 2 is 1.91 bits per heavy atom. The average Bonchev–Trinajstić information content (AvgIpc) is 3.06. The molecular formula is C22H20N2O8S. The summed E-state index contributed by atoms with van der Waals surface area (Å²) >= 11 is 0.746. The molecule has 2 amide bonds. The van der Waals surface area contributed by atoms with E-state index in [9.17, 15) is 24.5 Å². The van der Waals surface area contributed by atoms with E-state index in [0.29, 0.717) is 23.7 Å². The van der Waals surface area contributed by atoms with Crippen LogP contribution in [-0.2, 0) is 20.9 Å². The Labute approximate surface area is 193 Å². The smallest absolute Gasteiger partial charge is 0.343 e. The average molecular weight is 472 g/mol. The van der Waals surface area contributed by atoms with E-state index in [2.05, 4.69) is 4.74 Å². The molecule has 1 heterocycles. The quantitative estimate of drug-likeness (QED) is 0.232. The second kappa shape index (κ2) is 10.6. The van der Waals surface area contributed by atoms with Crippen LogP contribution in [0, 0.1) is 10.1 Å². The number of carbonyl (C=O) groups is 3. The molecule has 0 unspecified atom stereocenters. The summed E-state index contributed by atoms with van der Waals surface area (Å²) in [7, 11) is 1.25. The fourth-order valence-corrected chi connectivity index (χ4v) is 3.82. The highest BCUT2D eigenvalue weighted by Crippen LogP contribution is 2.36. The van der Waals surface area contributed by atoms with Gasteiger partial charge in [0.2, 0.25) is 0 Å². The number of para-hydroxylation sites is 1. The van der Waals surface area contributed by atoms with Gasteiger partial charge in [0.05, 0.1) is 30.1 Å². The highest BCUT2D eigenvalue weighted by molar-refractivity contribution is 8.18. The lowest BCUT2D eigenvalue weighted by Gasteiger charge is -2.13. The van der Waals surface area contributed by atoms with Crippen LogP contribution in [0.15, 0.2) is 47.4 Å². The maximum Gasteiger partial charge on any atom is 0.343 e. The topological polar surface area (TPSA) is 125 Å². The monoisotopic (exact) mass is 472 g/mol.